The highest BCUT2D eigenvalue weighted by Crippen LogP contribution is 2.36. The van der Waals surface area contributed by atoms with Crippen molar-refractivity contribution in [2.45, 2.75) is 39.0 Å². The molecule has 0 bridgehead atoms. The minimum atomic E-state index is -0.0546. The number of ether oxygens (including phenoxy) is 2. The van der Waals surface area contributed by atoms with Crippen molar-refractivity contribution in [2.24, 2.45) is 0 Å². The first-order chi connectivity index (χ1) is 14.3. The van der Waals surface area contributed by atoms with Crippen LogP contribution in [0.15, 0.2) is 48.5 Å². The number of nitrogens with zero attached hydrogens (tertiary/aromatic N) is 1. The smallest absolute Gasteiger partial charge is 0.252 e. The highest BCUT2D eigenvalue weighted by atomic mass is 16.7. The Bertz CT molecular complexity index is 1020. The van der Waals surface area contributed by atoms with E-state index < -0.39 is 0 Å². The molecule has 1 aliphatic heterocycles. The summed E-state index contributed by atoms with van der Waals surface area (Å²) in [5, 5.41) is 3.94. The normalized spacial score (nSPS) is 12.3. The molecular weight excluding hydrogens is 364 g/mol. The van der Waals surface area contributed by atoms with E-state index in [-0.39, 0.29) is 12.7 Å². The van der Waals surface area contributed by atoms with E-state index in [1.54, 1.807) is 0 Å². The van der Waals surface area contributed by atoms with Crippen LogP contribution in [0.5, 0.6) is 11.5 Å². The van der Waals surface area contributed by atoms with Crippen molar-refractivity contribution in [2.75, 3.05) is 13.3 Å². The number of nitrogens with one attached hydrogen (secondary N) is 1. The molecule has 3 aromatic rings. The number of amides is 1. The van der Waals surface area contributed by atoms with E-state index in [1.165, 1.54) is 19.3 Å². The predicted molar refractivity (Wildman–Crippen MR) is 114 cm³/mol. The lowest BCUT2D eigenvalue weighted by molar-refractivity contribution is 0.0954. The lowest BCUT2D eigenvalue weighted by atomic mass is 10.0. The zero-order chi connectivity index (χ0) is 20.1. The van der Waals surface area contributed by atoms with Gasteiger partial charge >= 0.3 is 0 Å². The second-order valence-electron chi connectivity index (χ2n) is 7.31. The van der Waals surface area contributed by atoms with Crippen molar-refractivity contribution in [3.05, 3.63) is 54.1 Å². The van der Waals surface area contributed by atoms with E-state index >= 15 is 0 Å². The first-order valence-electron chi connectivity index (χ1n) is 10.3. The van der Waals surface area contributed by atoms with Crippen molar-refractivity contribution in [1.29, 1.82) is 0 Å². The van der Waals surface area contributed by atoms with Crippen LogP contribution in [0.25, 0.3) is 22.2 Å². The Morgan fingerprint density at radius 2 is 1.83 bits per heavy atom. The van der Waals surface area contributed by atoms with Crippen LogP contribution in [0.3, 0.4) is 0 Å². The van der Waals surface area contributed by atoms with Gasteiger partial charge in [-0.25, -0.2) is 4.98 Å². The van der Waals surface area contributed by atoms with E-state index in [1.807, 2.05) is 48.5 Å². The second kappa shape index (κ2) is 8.95. The van der Waals surface area contributed by atoms with Gasteiger partial charge in [0.05, 0.1) is 16.8 Å². The molecule has 29 heavy (non-hydrogen) atoms. The molecule has 4 rings (SSSR count). The van der Waals surface area contributed by atoms with Crippen LogP contribution < -0.4 is 14.8 Å². The molecule has 1 amide bonds. The van der Waals surface area contributed by atoms with Gasteiger partial charge in [0.1, 0.15) is 0 Å². The van der Waals surface area contributed by atoms with Crippen molar-refractivity contribution in [3.63, 3.8) is 0 Å². The predicted octanol–water partition coefficient (Wildman–Crippen LogP) is 5.33. The molecule has 0 unspecified atom stereocenters. The van der Waals surface area contributed by atoms with Gasteiger partial charge in [-0.1, -0.05) is 50.8 Å². The SMILES string of the molecule is CCCCCCCNC(=O)c1cc(-c2ccc3c(c2)OCO3)nc2ccccc12. The number of rotatable bonds is 8. The Balaban J connectivity index is 1.59. The summed E-state index contributed by atoms with van der Waals surface area (Å²) in [7, 11) is 0. The molecule has 150 valence electrons. The molecule has 5 heteroatoms. The highest BCUT2D eigenvalue weighted by Gasteiger charge is 2.17. The van der Waals surface area contributed by atoms with Crippen LogP contribution in [-0.4, -0.2) is 24.2 Å². The minimum absolute atomic E-state index is 0.0546. The second-order valence-corrected chi connectivity index (χ2v) is 7.31. The third kappa shape index (κ3) is 4.34. The fraction of sp³-hybridized carbons (Fsp3) is 0.333. The van der Waals surface area contributed by atoms with Crippen LogP contribution in [0.1, 0.15) is 49.4 Å². The van der Waals surface area contributed by atoms with E-state index in [2.05, 4.69) is 12.2 Å². The van der Waals surface area contributed by atoms with Crippen LogP contribution in [0, 0.1) is 0 Å². The van der Waals surface area contributed by atoms with Crippen molar-refractivity contribution in [1.82, 2.24) is 10.3 Å². The Kier molecular flexibility index (Phi) is 5.94. The van der Waals surface area contributed by atoms with Gasteiger partial charge in [-0.3, -0.25) is 4.79 Å². The number of carbonyl (C=O) groups excluding carboxylic acids is 1. The molecule has 2 aromatic carbocycles. The van der Waals surface area contributed by atoms with Crippen LogP contribution >= 0.6 is 0 Å². The summed E-state index contributed by atoms with van der Waals surface area (Å²) in [5.41, 5.74) is 3.09. The quantitative estimate of drug-likeness (QED) is 0.528. The molecule has 5 nitrogen and oxygen atoms in total. The molecular formula is C24H26N2O3. The molecule has 1 aromatic heterocycles. The number of para-hydroxylation sites is 1. The first kappa shape index (κ1) is 19.2. The summed E-state index contributed by atoms with van der Waals surface area (Å²) >= 11 is 0. The Morgan fingerprint density at radius 3 is 2.72 bits per heavy atom. The van der Waals surface area contributed by atoms with E-state index in [4.69, 9.17) is 14.5 Å². The lowest BCUT2D eigenvalue weighted by Gasteiger charge is -2.11. The summed E-state index contributed by atoms with van der Waals surface area (Å²) in [5.74, 6) is 1.38. The van der Waals surface area contributed by atoms with Gasteiger partial charge in [-0.15, -0.1) is 0 Å². The maximum atomic E-state index is 12.9. The largest absolute Gasteiger partial charge is 0.454 e. The number of pyridine rings is 1. The fourth-order valence-corrected chi connectivity index (χ4v) is 3.59. The van der Waals surface area contributed by atoms with Crippen molar-refractivity contribution >= 4 is 16.8 Å². The summed E-state index contributed by atoms with van der Waals surface area (Å²) in [4.78, 5) is 17.7. The van der Waals surface area contributed by atoms with Gasteiger partial charge in [0.15, 0.2) is 11.5 Å². The molecule has 0 spiro atoms. The molecule has 1 aliphatic rings. The zero-order valence-corrected chi connectivity index (χ0v) is 16.7. The summed E-state index contributed by atoms with van der Waals surface area (Å²) in [6.45, 7) is 3.13. The number of aromatic nitrogens is 1. The fourth-order valence-electron chi connectivity index (χ4n) is 3.59. The van der Waals surface area contributed by atoms with Gasteiger partial charge < -0.3 is 14.8 Å². The summed E-state index contributed by atoms with van der Waals surface area (Å²) < 4.78 is 10.9. The van der Waals surface area contributed by atoms with Crippen molar-refractivity contribution in [3.8, 4) is 22.8 Å². The van der Waals surface area contributed by atoms with Gasteiger partial charge in [-0.05, 0) is 36.8 Å². The van der Waals surface area contributed by atoms with Gasteiger partial charge in [0, 0.05) is 17.5 Å². The third-order valence-corrected chi connectivity index (χ3v) is 5.20. The molecule has 0 atom stereocenters. The van der Waals surface area contributed by atoms with Crippen LogP contribution in [0.4, 0.5) is 0 Å². The van der Waals surface area contributed by atoms with Gasteiger partial charge in [-0.2, -0.15) is 0 Å². The maximum Gasteiger partial charge on any atom is 0.252 e. The molecule has 0 aliphatic carbocycles. The number of fused-ring (bicyclic) bond motifs is 2. The molecule has 0 fully saturated rings. The van der Waals surface area contributed by atoms with Crippen molar-refractivity contribution < 1.29 is 14.3 Å². The Labute approximate surface area is 171 Å². The van der Waals surface area contributed by atoms with Gasteiger partial charge in [0.2, 0.25) is 6.79 Å². The standard InChI is InChI=1S/C24H26N2O3/c1-2-3-4-5-8-13-25-24(27)19-15-21(26-20-10-7-6-9-18(19)20)17-11-12-22-23(14-17)29-16-28-22/h6-7,9-12,14-15H,2-5,8,13,16H2,1H3,(H,25,27). The van der Waals surface area contributed by atoms with E-state index in [9.17, 15) is 4.79 Å². The van der Waals surface area contributed by atoms with E-state index in [0.29, 0.717) is 17.9 Å². The first-order valence-corrected chi connectivity index (χ1v) is 10.3. The monoisotopic (exact) mass is 390 g/mol. The summed E-state index contributed by atoms with van der Waals surface area (Å²) in [6, 6.07) is 15.4. The third-order valence-electron chi connectivity index (χ3n) is 5.20. The maximum absolute atomic E-state index is 12.9. The number of carbonyl (C=O) groups is 1. The Morgan fingerprint density at radius 1 is 1.00 bits per heavy atom. The number of benzene rings is 2. The number of unbranched alkanes of at least 4 members (excludes halogenated alkanes) is 4. The van der Waals surface area contributed by atoms with E-state index in [0.717, 1.165) is 40.8 Å². The molecule has 0 saturated heterocycles. The Hall–Kier alpha value is -3.08. The van der Waals surface area contributed by atoms with Gasteiger partial charge in [0.25, 0.3) is 5.91 Å². The number of hydrogen-bond donors (Lipinski definition) is 1. The lowest BCUT2D eigenvalue weighted by Crippen LogP contribution is -2.24. The number of hydrogen-bond acceptors (Lipinski definition) is 4. The minimum Gasteiger partial charge on any atom is -0.454 e. The molecule has 1 N–H and O–H groups in total. The molecule has 2 heterocycles. The molecule has 0 radical (unpaired) electrons. The topological polar surface area (TPSA) is 60.5 Å². The zero-order valence-electron chi connectivity index (χ0n) is 16.7. The average Bonchev–Trinajstić information content (AvgIpc) is 3.23. The van der Waals surface area contributed by atoms with Crippen LogP contribution in [-0.2, 0) is 0 Å². The summed E-state index contributed by atoms with van der Waals surface area (Å²) in [6.07, 6.45) is 5.84. The molecule has 0 saturated carbocycles. The highest BCUT2D eigenvalue weighted by molar-refractivity contribution is 6.07. The average molecular weight is 390 g/mol. The van der Waals surface area contributed by atoms with Crippen LogP contribution in [0.2, 0.25) is 0 Å².